The quantitative estimate of drug-likeness (QED) is 0.840. The van der Waals surface area contributed by atoms with E-state index in [9.17, 15) is 0 Å². The smallest absolute Gasteiger partial charge is 0.138 e. The Kier molecular flexibility index (Phi) is 6.36. The fourth-order valence-electron chi connectivity index (χ4n) is 2.80. The molecular weight excluding hydrogens is 268 g/mol. The second kappa shape index (κ2) is 8.03. The molecule has 5 heteroatoms. The molecular formula is C15H28N4S. The van der Waals surface area contributed by atoms with Gasteiger partial charge in [-0.15, -0.1) is 0 Å². The molecule has 0 aromatic carbocycles. The van der Waals surface area contributed by atoms with E-state index >= 15 is 0 Å². The summed E-state index contributed by atoms with van der Waals surface area (Å²) in [6, 6.07) is 0.875. The minimum Gasteiger partial charge on any atom is -0.316 e. The van der Waals surface area contributed by atoms with Crippen LogP contribution < -0.4 is 5.32 Å². The van der Waals surface area contributed by atoms with Gasteiger partial charge in [0.1, 0.15) is 12.2 Å². The van der Waals surface area contributed by atoms with E-state index in [-0.39, 0.29) is 0 Å². The van der Waals surface area contributed by atoms with E-state index < -0.39 is 0 Å². The van der Waals surface area contributed by atoms with Crippen molar-refractivity contribution in [2.24, 2.45) is 0 Å². The van der Waals surface area contributed by atoms with E-state index in [1.165, 1.54) is 37.9 Å². The molecule has 4 nitrogen and oxygen atoms in total. The molecule has 1 aliphatic rings. The molecule has 1 heterocycles. The molecule has 1 fully saturated rings. The first-order valence-corrected chi connectivity index (χ1v) is 8.92. The zero-order chi connectivity index (χ0) is 14.4. The van der Waals surface area contributed by atoms with Gasteiger partial charge in [-0.1, -0.05) is 19.3 Å². The minimum absolute atomic E-state index is 0.385. The highest BCUT2D eigenvalue weighted by atomic mass is 32.2. The van der Waals surface area contributed by atoms with Gasteiger partial charge in [-0.05, 0) is 33.7 Å². The van der Waals surface area contributed by atoms with E-state index in [1.807, 2.05) is 4.68 Å². The first-order chi connectivity index (χ1) is 9.70. The number of rotatable bonds is 7. The van der Waals surface area contributed by atoms with Gasteiger partial charge in [-0.3, -0.25) is 0 Å². The first kappa shape index (κ1) is 15.8. The zero-order valence-electron chi connectivity index (χ0n) is 13.0. The maximum absolute atomic E-state index is 4.42. The van der Waals surface area contributed by atoms with Crippen LogP contribution in [0.4, 0.5) is 0 Å². The summed E-state index contributed by atoms with van der Waals surface area (Å²) >= 11 is 2.15. The van der Waals surface area contributed by atoms with E-state index in [4.69, 9.17) is 0 Å². The van der Waals surface area contributed by atoms with Crippen LogP contribution in [0.3, 0.4) is 0 Å². The van der Waals surface area contributed by atoms with Crippen molar-refractivity contribution >= 4 is 11.8 Å². The molecule has 1 N–H and O–H groups in total. The third-order valence-electron chi connectivity index (χ3n) is 4.06. The van der Waals surface area contributed by atoms with Crippen LogP contribution in [0.25, 0.3) is 0 Å². The topological polar surface area (TPSA) is 42.7 Å². The number of nitrogens with zero attached hydrogens (tertiary/aromatic N) is 3. The monoisotopic (exact) mass is 296 g/mol. The number of nitrogens with one attached hydrogen (secondary N) is 1. The number of hydrogen-bond donors (Lipinski definition) is 1. The summed E-state index contributed by atoms with van der Waals surface area (Å²) in [4.78, 5) is 4.42. The molecule has 0 bridgehead atoms. The Hall–Kier alpha value is -0.550. The van der Waals surface area contributed by atoms with Gasteiger partial charge in [0, 0.05) is 29.5 Å². The van der Waals surface area contributed by atoms with Gasteiger partial charge >= 0.3 is 0 Å². The SMILES string of the molecule is CNC(CSC1CCCCC1)Cc1ncnn1C(C)C. The van der Waals surface area contributed by atoms with Gasteiger partial charge in [-0.25, -0.2) is 9.67 Å². The summed E-state index contributed by atoms with van der Waals surface area (Å²) in [6.07, 6.45) is 9.73. The van der Waals surface area contributed by atoms with Crippen molar-refractivity contribution in [2.45, 2.75) is 69.7 Å². The lowest BCUT2D eigenvalue weighted by Crippen LogP contribution is -2.32. The average Bonchev–Trinajstić information content (AvgIpc) is 2.93. The van der Waals surface area contributed by atoms with Gasteiger partial charge in [0.2, 0.25) is 0 Å². The highest BCUT2D eigenvalue weighted by Gasteiger charge is 2.18. The Labute approximate surface area is 127 Å². The lowest BCUT2D eigenvalue weighted by Gasteiger charge is -2.24. The lowest BCUT2D eigenvalue weighted by molar-refractivity contribution is 0.482. The van der Waals surface area contributed by atoms with Crippen molar-refractivity contribution in [1.29, 1.82) is 0 Å². The molecule has 2 rings (SSSR count). The van der Waals surface area contributed by atoms with Crippen molar-refractivity contribution in [1.82, 2.24) is 20.1 Å². The van der Waals surface area contributed by atoms with Crippen LogP contribution >= 0.6 is 11.8 Å². The molecule has 0 amide bonds. The third kappa shape index (κ3) is 4.48. The highest BCUT2D eigenvalue weighted by molar-refractivity contribution is 7.99. The van der Waals surface area contributed by atoms with Gasteiger partial charge in [-0.2, -0.15) is 16.9 Å². The van der Waals surface area contributed by atoms with E-state index in [0.717, 1.165) is 17.5 Å². The van der Waals surface area contributed by atoms with E-state index in [0.29, 0.717) is 12.1 Å². The van der Waals surface area contributed by atoms with E-state index in [2.05, 4.69) is 48.1 Å². The van der Waals surface area contributed by atoms with Crippen molar-refractivity contribution in [2.75, 3.05) is 12.8 Å². The predicted octanol–water partition coefficient (Wildman–Crippen LogP) is 3.06. The molecule has 1 unspecified atom stereocenters. The molecule has 1 saturated carbocycles. The van der Waals surface area contributed by atoms with Gasteiger partial charge < -0.3 is 5.32 Å². The molecule has 0 spiro atoms. The lowest BCUT2D eigenvalue weighted by atomic mass is 10.0. The van der Waals surface area contributed by atoms with Crippen LogP contribution in [0.2, 0.25) is 0 Å². The molecule has 1 aliphatic carbocycles. The summed E-state index contributed by atoms with van der Waals surface area (Å²) in [6.45, 7) is 4.31. The fraction of sp³-hybridized carbons (Fsp3) is 0.867. The molecule has 1 atom stereocenters. The fourth-order valence-corrected chi connectivity index (χ4v) is 4.26. The van der Waals surface area contributed by atoms with Crippen LogP contribution in [-0.4, -0.2) is 38.9 Å². The van der Waals surface area contributed by atoms with E-state index in [1.54, 1.807) is 6.33 Å². The normalized spacial score (nSPS) is 18.6. The second-order valence-corrected chi connectivity index (χ2v) is 7.33. The van der Waals surface area contributed by atoms with Crippen LogP contribution in [0, 0.1) is 0 Å². The average molecular weight is 296 g/mol. The van der Waals surface area contributed by atoms with Crippen LogP contribution in [-0.2, 0) is 6.42 Å². The first-order valence-electron chi connectivity index (χ1n) is 7.88. The molecule has 0 radical (unpaired) electrons. The van der Waals surface area contributed by atoms with Crippen molar-refractivity contribution in [3.63, 3.8) is 0 Å². The van der Waals surface area contributed by atoms with Crippen LogP contribution in [0.5, 0.6) is 0 Å². The van der Waals surface area contributed by atoms with Gasteiger partial charge in [0.15, 0.2) is 0 Å². The molecule has 1 aromatic rings. The summed E-state index contributed by atoms with van der Waals surface area (Å²) in [5, 5.41) is 8.65. The predicted molar refractivity (Wildman–Crippen MR) is 86.3 cm³/mol. The number of likely N-dealkylation sites (N-methyl/N-ethyl adjacent to an activating group) is 1. The van der Waals surface area contributed by atoms with Gasteiger partial charge in [0.25, 0.3) is 0 Å². The Morgan fingerprint density at radius 2 is 2.10 bits per heavy atom. The third-order valence-corrected chi connectivity index (χ3v) is 5.60. The number of aromatic nitrogens is 3. The molecule has 114 valence electrons. The maximum Gasteiger partial charge on any atom is 0.138 e. The molecule has 0 saturated heterocycles. The highest BCUT2D eigenvalue weighted by Crippen LogP contribution is 2.28. The van der Waals surface area contributed by atoms with Crippen molar-refractivity contribution in [3.05, 3.63) is 12.2 Å². The molecule has 0 aliphatic heterocycles. The minimum atomic E-state index is 0.385. The number of thioether (sulfide) groups is 1. The largest absolute Gasteiger partial charge is 0.316 e. The van der Waals surface area contributed by atoms with Crippen LogP contribution in [0.15, 0.2) is 6.33 Å². The Morgan fingerprint density at radius 1 is 1.35 bits per heavy atom. The standard InChI is InChI=1S/C15H28N4S/c1-12(2)19-15(17-11-18-19)9-13(16-3)10-20-14-7-5-4-6-8-14/h11-14,16H,4-10H2,1-3H3. The van der Waals surface area contributed by atoms with Gasteiger partial charge in [0.05, 0.1) is 0 Å². The molecule has 1 aromatic heterocycles. The zero-order valence-corrected chi connectivity index (χ0v) is 13.8. The maximum atomic E-state index is 4.42. The Bertz CT molecular complexity index is 385. The number of hydrogen-bond acceptors (Lipinski definition) is 4. The summed E-state index contributed by atoms with van der Waals surface area (Å²) < 4.78 is 2.04. The summed E-state index contributed by atoms with van der Waals surface area (Å²) in [5.41, 5.74) is 0. The van der Waals surface area contributed by atoms with Crippen molar-refractivity contribution < 1.29 is 0 Å². The Balaban J connectivity index is 1.83. The second-order valence-electron chi connectivity index (χ2n) is 6.00. The Morgan fingerprint density at radius 3 is 2.75 bits per heavy atom. The summed E-state index contributed by atoms with van der Waals surface area (Å²) in [5.74, 6) is 2.27. The molecule has 20 heavy (non-hydrogen) atoms. The van der Waals surface area contributed by atoms with Crippen molar-refractivity contribution in [3.8, 4) is 0 Å². The summed E-state index contributed by atoms with van der Waals surface area (Å²) in [7, 11) is 2.06. The van der Waals surface area contributed by atoms with Crippen LogP contribution in [0.1, 0.15) is 57.8 Å².